The number of aliphatic hydroxyl groups is 1. The zero-order chi connectivity index (χ0) is 23.0. The van der Waals surface area contributed by atoms with Crippen molar-refractivity contribution in [3.8, 4) is 5.75 Å². The summed E-state index contributed by atoms with van der Waals surface area (Å²) in [5.41, 5.74) is 4.58. The van der Waals surface area contributed by atoms with Gasteiger partial charge >= 0.3 is 4.87 Å². The van der Waals surface area contributed by atoms with Crippen LogP contribution in [0, 0.1) is 0 Å². The Bertz CT molecular complexity index is 1220. The molecule has 2 aromatic heterocycles. The van der Waals surface area contributed by atoms with Gasteiger partial charge in [-0.15, -0.1) is 0 Å². The van der Waals surface area contributed by atoms with Crippen molar-refractivity contribution in [3.63, 3.8) is 0 Å². The molecule has 0 bridgehead atoms. The van der Waals surface area contributed by atoms with Crippen LogP contribution < -0.4 is 15.5 Å². The van der Waals surface area contributed by atoms with Gasteiger partial charge in [0.05, 0.1) is 10.8 Å². The zero-order valence-electron chi connectivity index (χ0n) is 18.3. The van der Waals surface area contributed by atoms with E-state index in [9.17, 15) is 15.0 Å². The van der Waals surface area contributed by atoms with Crippen molar-refractivity contribution in [2.45, 2.75) is 25.5 Å². The topological polar surface area (TPSA) is 110 Å². The fourth-order valence-electron chi connectivity index (χ4n) is 3.70. The molecule has 172 valence electrons. The highest BCUT2D eigenvalue weighted by Crippen LogP contribution is 2.31. The molecule has 0 aliphatic carbocycles. The number of nitrogens with one attached hydrogen (secondary N) is 3. The Morgan fingerprint density at radius 1 is 0.970 bits per heavy atom. The SMILES string of the molecule is O=c1[nH]c2c(O)ccc(C(O)CNCCc3ccc(CNCCc4ccccn4)cc3)c2s1. The van der Waals surface area contributed by atoms with Crippen molar-refractivity contribution in [1.29, 1.82) is 0 Å². The minimum atomic E-state index is -0.765. The van der Waals surface area contributed by atoms with E-state index >= 15 is 0 Å². The number of hydrogen-bond acceptors (Lipinski definition) is 7. The summed E-state index contributed by atoms with van der Waals surface area (Å²) in [5.74, 6) is 0.0131. The van der Waals surface area contributed by atoms with Crippen LogP contribution in [-0.4, -0.2) is 39.8 Å². The summed E-state index contributed by atoms with van der Waals surface area (Å²) in [6.07, 6.45) is 2.82. The van der Waals surface area contributed by atoms with Gasteiger partial charge in [-0.2, -0.15) is 0 Å². The van der Waals surface area contributed by atoms with Crippen LogP contribution in [0.15, 0.2) is 65.6 Å². The number of benzene rings is 2. The number of phenolic OH excluding ortho intramolecular Hbond substituents is 1. The molecule has 1 unspecified atom stereocenters. The molecule has 5 N–H and O–H groups in total. The summed E-state index contributed by atoms with van der Waals surface area (Å²) in [7, 11) is 0. The first-order chi connectivity index (χ1) is 16.1. The largest absolute Gasteiger partial charge is 0.506 e. The van der Waals surface area contributed by atoms with E-state index in [4.69, 9.17) is 0 Å². The van der Waals surface area contributed by atoms with Crippen LogP contribution in [0.2, 0.25) is 0 Å². The number of thiazole rings is 1. The van der Waals surface area contributed by atoms with Gasteiger partial charge in [0, 0.05) is 43.5 Å². The highest BCUT2D eigenvalue weighted by atomic mass is 32.1. The fourth-order valence-corrected chi connectivity index (χ4v) is 4.62. The van der Waals surface area contributed by atoms with E-state index in [2.05, 4.69) is 44.9 Å². The molecule has 4 aromatic rings. The van der Waals surface area contributed by atoms with E-state index in [1.165, 1.54) is 17.2 Å². The Kier molecular flexibility index (Phi) is 7.85. The lowest BCUT2D eigenvalue weighted by molar-refractivity contribution is 0.176. The molecule has 4 rings (SSSR count). The number of nitrogens with zero attached hydrogens (tertiary/aromatic N) is 1. The van der Waals surface area contributed by atoms with Gasteiger partial charge in [-0.05, 0) is 42.3 Å². The highest BCUT2D eigenvalue weighted by Gasteiger charge is 2.15. The molecule has 0 aliphatic heterocycles. The number of H-pyrrole nitrogens is 1. The Morgan fingerprint density at radius 2 is 1.76 bits per heavy atom. The van der Waals surface area contributed by atoms with E-state index in [1.54, 1.807) is 6.07 Å². The van der Waals surface area contributed by atoms with Crippen molar-refractivity contribution in [1.82, 2.24) is 20.6 Å². The first-order valence-corrected chi connectivity index (χ1v) is 11.8. The molecule has 0 fully saturated rings. The van der Waals surface area contributed by atoms with Gasteiger partial charge in [-0.25, -0.2) is 0 Å². The molecule has 8 heteroatoms. The van der Waals surface area contributed by atoms with Crippen molar-refractivity contribution in [2.75, 3.05) is 19.6 Å². The Morgan fingerprint density at radius 3 is 2.55 bits per heavy atom. The monoisotopic (exact) mass is 464 g/mol. The van der Waals surface area contributed by atoms with E-state index in [1.807, 2.05) is 24.4 Å². The van der Waals surface area contributed by atoms with Crippen LogP contribution in [0.4, 0.5) is 0 Å². The zero-order valence-corrected chi connectivity index (χ0v) is 19.1. The Balaban J connectivity index is 1.19. The molecule has 33 heavy (non-hydrogen) atoms. The van der Waals surface area contributed by atoms with Crippen LogP contribution in [0.1, 0.15) is 28.5 Å². The quantitative estimate of drug-likeness (QED) is 0.218. The number of aliphatic hydroxyl groups excluding tert-OH is 1. The predicted octanol–water partition coefficient (Wildman–Crippen LogP) is 2.89. The molecule has 7 nitrogen and oxygen atoms in total. The molecule has 2 aromatic carbocycles. The smallest absolute Gasteiger partial charge is 0.305 e. The van der Waals surface area contributed by atoms with Gasteiger partial charge in [0.15, 0.2) is 0 Å². The predicted molar refractivity (Wildman–Crippen MR) is 132 cm³/mol. The second kappa shape index (κ2) is 11.2. The third-order valence-corrected chi connectivity index (χ3v) is 6.44. The third kappa shape index (κ3) is 6.27. The Labute approximate surface area is 196 Å². The average Bonchev–Trinajstić information content (AvgIpc) is 3.23. The number of rotatable bonds is 11. The van der Waals surface area contributed by atoms with Crippen LogP contribution in [0.5, 0.6) is 5.75 Å². The summed E-state index contributed by atoms with van der Waals surface area (Å²) < 4.78 is 0.596. The molecule has 1 atom stereocenters. The minimum absolute atomic E-state index is 0.0131. The summed E-state index contributed by atoms with van der Waals surface area (Å²) in [6.45, 7) is 2.80. The van der Waals surface area contributed by atoms with Gasteiger partial charge in [0.2, 0.25) is 0 Å². The number of pyridine rings is 1. The number of hydrogen-bond donors (Lipinski definition) is 5. The average molecular weight is 465 g/mol. The molecule has 0 amide bonds. The van der Waals surface area contributed by atoms with Gasteiger partial charge in [-0.3, -0.25) is 9.78 Å². The summed E-state index contributed by atoms with van der Waals surface area (Å²) >= 11 is 0.997. The number of aromatic amines is 1. The van der Waals surface area contributed by atoms with Crippen LogP contribution >= 0.6 is 11.3 Å². The van der Waals surface area contributed by atoms with Crippen molar-refractivity contribution < 1.29 is 10.2 Å². The lowest BCUT2D eigenvalue weighted by atomic mass is 10.1. The molecule has 0 saturated carbocycles. The second-order valence-corrected chi connectivity index (χ2v) is 8.91. The minimum Gasteiger partial charge on any atom is -0.506 e. The van der Waals surface area contributed by atoms with Gasteiger partial charge in [0.1, 0.15) is 11.3 Å². The first-order valence-electron chi connectivity index (χ1n) is 11.0. The highest BCUT2D eigenvalue weighted by molar-refractivity contribution is 7.16. The summed E-state index contributed by atoms with van der Waals surface area (Å²) in [5, 5.41) is 27.2. The number of aromatic nitrogens is 2. The van der Waals surface area contributed by atoms with Gasteiger partial charge in [0.25, 0.3) is 0 Å². The maximum atomic E-state index is 11.6. The van der Waals surface area contributed by atoms with Crippen molar-refractivity contribution >= 4 is 21.6 Å². The van der Waals surface area contributed by atoms with Crippen LogP contribution in [0.3, 0.4) is 0 Å². The van der Waals surface area contributed by atoms with Crippen LogP contribution in [0.25, 0.3) is 10.2 Å². The molecule has 0 spiro atoms. The lowest BCUT2D eigenvalue weighted by Gasteiger charge is -2.13. The third-order valence-electron chi connectivity index (χ3n) is 5.51. The van der Waals surface area contributed by atoms with Crippen molar-refractivity contribution in [2.24, 2.45) is 0 Å². The van der Waals surface area contributed by atoms with Crippen LogP contribution in [-0.2, 0) is 19.4 Å². The van der Waals surface area contributed by atoms with Crippen molar-refractivity contribution in [3.05, 3.63) is 92.8 Å². The van der Waals surface area contributed by atoms with Gasteiger partial charge < -0.3 is 25.8 Å². The Hall–Kier alpha value is -3.04. The van der Waals surface area contributed by atoms with E-state index in [0.717, 1.165) is 49.5 Å². The molecule has 2 heterocycles. The maximum Gasteiger partial charge on any atom is 0.305 e. The molecule has 0 radical (unpaired) electrons. The molecular formula is C25H28N4O3S. The standard InChI is InChI=1S/C25H28N4O3S/c30-21-9-8-20(24-23(21)29-25(32)33-24)22(31)16-27-13-10-17-4-6-18(7-5-17)15-26-14-11-19-3-1-2-12-28-19/h1-9,12,22,26-27,30-31H,10-11,13-16H2,(H,29,32). The number of phenols is 1. The summed E-state index contributed by atoms with van der Waals surface area (Å²) in [6, 6.07) is 17.7. The first kappa shape index (κ1) is 23.1. The van der Waals surface area contributed by atoms with Gasteiger partial charge in [-0.1, -0.05) is 47.7 Å². The fraction of sp³-hybridized carbons (Fsp3) is 0.280. The number of fused-ring (bicyclic) bond motifs is 1. The normalized spacial score (nSPS) is 12.3. The molecule has 0 saturated heterocycles. The van der Waals surface area contributed by atoms with E-state index in [-0.39, 0.29) is 10.6 Å². The maximum absolute atomic E-state index is 11.6. The van der Waals surface area contributed by atoms with E-state index < -0.39 is 6.10 Å². The van der Waals surface area contributed by atoms with E-state index in [0.29, 0.717) is 22.3 Å². The molecule has 0 aliphatic rings. The summed E-state index contributed by atoms with van der Waals surface area (Å²) in [4.78, 5) is 18.3. The molecular weight excluding hydrogens is 436 g/mol. The number of aromatic hydroxyl groups is 1. The second-order valence-electron chi connectivity index (χ2n) is 7.93. The lowest BCUT2D eigenvalue weighted by Crippen LogP contribution is -2.23.